The van der Waals surface area contributed by atoms with Crippen molar-refractivity contribution in [2.75, 3.05) is 6.54 Å². The molecular weight excluding hydrogens is 267 g/mol. The third-order valence-corrected chi connectivity index (χ3v) is 3.72. The van der Waals surface area contributed by atoms with Gasteiger partial charge in [0.15, 0.2) is 0 Å². The maximum atomic E-state index is 13.1. The lowest BCUT2D eigenvalue weighted by Crippen LogP contribution is -2.39. The van der Waals surface area contributed by atoms with Crippen molar-refractivity contribution in [3.63, 3.8) is 0 Å². The Hall–Kier alpha value is -1.60. The SMILES string of the molecule is N#CCN(C(=O)c1ccc(F)c(Cl)c1)C1CCCC1. The van der Waals surface area contributed by atoms with Crippen molar-refractivity contribution < 1.29 is 9.18 Å². The van der Waals surface area contributed by atoms with E-state index in [4.69, 9.17) is 16.9 Å². The van der Waals surface area contributed by atoms with Crippen LogP contribution in [0.15, 0.2) is 18.2 Å². The number of rotatable bonds is 3. The molecule has 1 saturated carbocycles. The summed E-state index contributed by atoms with van der Waals surface area (Å²) in [4.78, 5) is 13.9. The molecule has 0 saturated heterocycles. The van der Waals surface area contributed by atoms with Crippen LogP contribution in [0, 0.1) is 17.1 Å². The van der Waals surface area contributed by atoms with Crippen LogP contribution in [-0.4, -0.2) is 23.4 Å². The molecular formula is C14H14ClFN2O. The van der Waals surface area contributed by atoms with E-state index in [1.807, 2.05) is 6.07 Å². The molecule has 3 nitrogen and oxygen atoms in total. The van der Waals surface area contributed by atoms with Gasteiger partial charge in [0.1, 0.15) is 12.4 Å². The highest BCUT2D eigenvalue weighted by atomic mass is 35.5. The van der Waals surface area contributed by atoms with E-state index in [1.54, 1.807) is 4.90 Å². The number of benzene rings is 1. The lowest BCUT2D eigenvalue weighted by molar-refractivity contribution is 0.0709. The van der Waals surface area contributed by atoms with Gasteiger partial charge >= 0.3 is 0 Å². The third-order valence-electron chi connectivity index (χ3n) is 3.43. The van der Waals surface area contributed by atoms with Crippen molar-refractivity contribution in [3.8, 4) is 6.07 Å². The molecule has 0 spiro atoms. The van der Waals surface area contributed by atoms with Gasteiger partial charge in [-0.2, -0.15) is 5.26 Å². The summed E-state index contributed by atoms with van der Waals surface area (Å²) in [5.41, 5.74) is 0.327. The number of nitrogens with zero attached hydrogens (tertiary/aromatic N) is 2. The van der Waals surface area contributed by atoms with E-state index in [0.717, 1.165) is 25.7 Å². The highest BCUT2D eigenvalue weighted by Crippen LogP contribution is 2.25. The molecule has 0 heterocycles. The van der Waals surface area contributed by atoms with E-state index in [2.05, 4.69) is 0 Å². The van der Waals surface area contributed by atoms with Crippen molar-refractivity contribution in [2.45, 2.75) is 31.7 Å². The molecule has 0 N–H and O–H groups in total. The number of amides is 1. The van der Waals surface area contributed by atoms with Gasteiger partial charge in [0.25, 0.3) is 5.91 Å². The van der Waals surface area contributed by atoms with E-state index in [-0.39, 0.29) is 23.5 Å². The lowest BCUT2D eigenvalue weighted by atomic mass is 10.1. The Morgan fingerprint density at radius 2 is 2.16 bits per heavy atom. The molecule has 19 heavy (non-hydrogen) atoms. The Labute approximate surface area is 116 Å². The summed E-state index contributed by atoms with van der Waals surface area (Å²) in [6.07, 6.45) is 3.98. The zero-order chi connectivity index (χ0) is 13.8. The van der Waals surface area contributed by atoms with Crippen molar-refractivity contribution in [1.82, 2.24) is 4.90 Å². The summed E-state index contributed by atoms with van der Waals surface area (Å²) in [5, 5.41) is 8.79. The molecule has 0 aliphatic heterocycles. The summed E-state index contributed by atoms with van der Waals surface area (Å²) in [6, 6.07) is 6.03. The van der Waals surface area contributed by atoms with Gasteiger partial charge in [0.05, 0.1) is 11.1 Å². The molecule has 1 aromatic carbocycles. The van der Waals surface area contributed by atoms with Gasteiger partial charge in [0.2, 0.25) is 0 Å². The minimum absolute atomic E-state index is 0.0541. The number of hydrogen-bond acceptors (Lipinski definition) is 2. The molecule has 1 amide bonds. The topological polar surface area (TPSA) is 44.1 Å². The van der Waals surface area contributed by atoms with Crippen LogP contribution in [0.4, 0.5) is 4.39 Å². The van der Waals surface area contributed by atoms with Gasteiger partial charge in [-0.3, -0.25) is 4.79 Å². The van der Waals surface area contributed by atoms with Gasteiger partial charge in [-0.05, 0) is 31.0 Å². The molecule has 0 atom stereocenters. The summed E-state index contributed by atoms with van der Waals surface area (Å²) >= 11 is 5.69. The van der Waals surface area contributed by atoms with Crippen LogP contribution in [0.5, 0.6) is 0 Å². The maximum Gasteiger partial charge on any atom is 0.255 e. The predicted molar refractivity (Wildman–Crippen MR) is 70.3 cm³/mol. The van der Waals surface area contributed by atoms with Gasteiger partial charge in [-0.1, -0.05) is 24.4 Å². The predicted octanol–water partition coefficient (Wildman–Crippen LogP) is 3.39. The fraction of sp³-hybridized carbons (Fsp3) is 0.429. The highest BCUT2D eigenvalue weighted by Gasteiger charge is 2.27. The monoisotopic (exact) mass is 280 g/mol. The van der Waals surface area contributed by atoms with Crippen molar-refractivity contribution in [3.05, 3.63) is 34.6 Å². The van der Waals surface area contributed by atoms with Gasteiger partial charge in [-0.25, -0.2) is 4.39 Å². The molecule has 0 aromatic heterocycles. The van der Waals surface area contributed by atoms with Crippen LogP contribution in [0.3, 0.4) is 0 Å². The zero-order valence-electron chi connectivity index (χ0n) is 10.4. The van der Waals surface area contributed by atoms with E-state index < -0.39 is 5.82 Å². The average molecular weight is 281 g/mol. The first-order valence-electron chi connectivity index (χ1n) is 6.26. The molecule has 2 rings (SSSR count). The standard InChI is InChI=1S/C14H14ClFN2O/c15-12-9-10(5-6-13(12)16)14(19)18(8-7-17)11-3-1-2-4-11/h5-6,9,11H,1-4,8H2. The Balaban J connectivity index is 2.23. The Morgan fingerprint density at radius 1 is 1.47 bits per heavy atom. The normalized spacial score (nSPS) is 15.2. The Morgan fingerprint density at radius 3 is 2.74 bits per heavy atom. The lowest BCUT2D eigenvalue weighted by Gasteiger charge is -2.26. The zero-order valence-corrected chi connectivity index (χ0v) is 11.2. The third kappa shape index (κ3) is 3.05. The number of halogens is 2. The van der Waals surface area contributed by atoms with Crippen LogP contribution in [0.2, 0.25) is 5.02 Å². The van der Waals surface area contributed by atoms with E-state index in [0.29, 0.717) is 5.56 Å². The average Bonchev–Trinajstić information content (AvgIpc) is 2.92. The second-order valence-electron chi connectivity index (χ2n) is 4.66. The molecule has 100 valence electrons. The van der Waals surface area contributed by atoms with Crippen molar-refractivity contribution in [2.24, 2.45) is 0 Å². The number of hydrogen-bond donors (Lipinski definition) is 0. The fourth-order valence-electron chi connectivity index (χ4n) is 2.45. The second kappa shape index (κ2) is 6.03. The van der Waals surface area contributed by atoms with Gasteiger partial charge in [-0.15, -0.1) is 0 Å². The molecule has 1 aliphatic carbocycles. The van der Waals surface area contributed by atoms with Crippen LogP contribution in [0.25, 0.3) is 0 Å². The van der Waals surface area contributed by atoms with E-state index in [9.17, 15) is 9.18 Å². The van der Waals surface area contributed by atoms with Crippen LogP contribution >= 0.6 is 11.6 Å². The smallest absolute Gasteiger partial charge is 0.255 e. The Bertz CT molecular complexity index is 521. The summed E-state index contributed by atoms with van der Waals surface area (Å²) in [5.74, 6) is -0.804. The molecule has 1 aliphatic rings. The molecule has 1 aromatic rings. The van der Waals surface area contributed by atoms with Crippen LogP contribution in [-0.2, 0) is 0 Å². The minimum Gasteiger partial charge on any atom is -0.322 e. The molecule has 0 unspecified atom stereocenters. The van der Waals surface area contributed by atoms with Crippen LogP contribution in [0.1, 0.15) is 36.0 Å². The van der Waals surface area contributed by atoms with Crippen LogP contribution < -0.4 is 0 Å². The largest absolute Gasteiger partial charge is 0.322 e. The van der Waals surface area contributed by atoms with Gasteiger partial charge in [0, 0.05) is 11.6 Å². The number of carbonyl (C=O) groups is 1. The number of carbonyl (C=O) groups excluding carboxylic acids is 1. The fourth-order valence-corrected chi connectivity index (χ4v) is 2.63. The summed E-state index contributed by atoms with van der Waals surface area (Å²) in [7, 11) is 0. The van der Waals surface area contributed by atoms with E-state index >= 15 is 0 Å². The Kier molecular flexibility index (Phi) is 4.39. The van der Waals surface area contributed by atoms with Gasteiger partial charge < -0.3 is 4.90 Å². The molecule has 0 radical (unpaired) electrons. The maximum absolute atomic E-state index is 13.1. The van der Waals surface area contributed by atoms with Crippen molar-refractivity contribution >= 4 is 17.5 Å². The van der Waals surface area contributed by atoms with Crippen molar-refractivity contribution in [1.29, 1.82) is 5.26 Å². The first kappa shape index (κ1) is 13.8. The number of nitriles is 1. The summed E-state index contributed by atoms with van der Waals surface area (Å²) in [6.45, 7) is 0.0541. The quantitative estimate of drug-likeness (QED) is 0.797. The highest BCUT2D eigenvalue weighted by molar-refractivity contribution is 6.31. The molecule has 1 fully saturated rings. The summed E-state index contributed by atoms with van der Waals surface area (Å²) < 4.78 is 13.1. The molecule has 5 heteroatoms. The first-order chi connectivity index (χ1) is 9.13. The second-order valence-corrected chi connectivity index (χ2v) is 5.07. The first-order valence-corrected chi connectivity index (χ1v) is 6.64. The van der Waals surface area contributed by atoms with E-state index in [1.165, 1.54) is 18.2 Å². The molecule has 0 bridgehead atoms. The minimum atomic E-state index is -0.550.